The van der Waals surface area contributed by atoms with Gasteiger partial charge < -0.3 is 14.4 Å². The van der Waals surface area contributed by atoms with Gasteiger partial charge in [-0.3, -0.25) is 4.79 Å². The van der Waals surface area contributed by atoms with Crippen molar-refractivity contribution in [2.24, 2.45) is 0 Å². The van der Waals surface area contributed by atoms with Gasteiger partial charge in [0, 0.05) is 12.3 Å². The molecule has 1 aromatic rings. The van der Waals surface area contributed by atoms with Crippen LogP contribution in [0.4, 0.5) is 0 Å². The van der Waals surface area contributed by atoms with Gasteiger partial charge in [-0.2, -0.15) is 0 Å². The van der Waals surface area contributed by atoms with E-state index in [1.54, 1.807) is 13.0 Å². The Hall–Kier alpha value is -1.62. The minimum absolute atomic E-state index is 0.0131. The Kier molecular flexibility index (Phi) is 3.81. The molecule has 1 N–H and O–H groups in total. The SMILES string of the molecule is Cc1ccc(C(=O)O)c(=O)n1CC1CCCCO1. The van der Waals surface area contributed by atoms with Gasteiger partial charge in [0.1, 0.15) is 5.56 Å². The number of aromatic carboxylic acids is 1. The second-order valence-corrected chi connectivity index (χ2v) is 4.60. The van der Waals surface area contributed by atoms with Crippen molar-refractivity contribution in [3.63, 3.8) is 0 Å². The summed E-state index contributed by atoms with van der Waals surface area (Å²) < 4.78 is 7.08. The zero-order valence-electron chi connectivity index (χ0n) is 10.4. The Morgan fingerprint density at radius 3 is 2.89 bits per heavy atom. The molecule has 0 aromatic carbocycles. The molecule has 1 aliphatic heterocycles. The van der Waals surface area contributed by atoms with Crippen molar-refractivity contribution >= 4 is 5.97 Å². The quantitative estimate of drug-likeness (QED) is 0.882. The van der Waals surface area contributed by atoms with Crippen molar-refractivity contribution in [1.82, 2.24) is 4.57 Å². The molecule has 0 saturated carbocycles. The molecule has 98 valence electrons. The third-order valence-electron chi connectivity index (χ3n) is 3.28. The smallest absolute Gasteiger partial charge is 0.341 e. The van der Waals surface area contributed by atoms with Crippen LogP contribution >= 0.6 is 0 Å². The summed E-state index contributed by atoms with van der Waals surface area (Å²) in [4.78, 5) is 23.0. The van der Waals surface area contributed by atoms with Crippen LogP contribution in [-0.2, 0) is 11.3 Å². The lowest BCUT2D eigenvalue weighted by Gasteiger charge is -2.24. The van der Waals surface area contributed by atoms with Crippen molar-refractivity contribution in [3.05, 3.63) is 33.7 Å². The van der Waals surface area contributed by atoms with Crippen LogP contribution in [0.5, 0.6) is 0 Å². The number of carboxylic acid groups (broad SMARTS) is 1. The maximum Gasteiger partial charge on any atom is 0.341 e. The lowest BCUT2D eigenvalue weighted by Crippen LogP contribution is -2.34. The first-order valence-corrected chi connectivity index (χ1v) is 6.15. The molecule has 1 unspecified atom stereocenters. The predicted molar refractivity (Wildman–Crippen MR) is 66.0 cm³/mol. The van der Waals surface area contributed by atoms with E-state index in [0.29, 0.717) is 6.54 Å². The molecule has 5 nitrogen and oxygen atoms in total. The molecule has 1 aliphatic rings. The van der Waals surface area contributed by atoms with Gasteiger partial charge in [0.25, 0.3) is 5.56 Å². The van der Waals surface area contributed by atoms with Gasteiger partial charge >= 0.3 is 5.97 Å². The number of hydrogen-bond acceptors (Lipinski definition) is 3. The summed E-state index contributed by atoms with van der Waals surface area (Å²) in [5.41, 5.74) is 0.132. The third-order valence-corrected chi connectivity index (χ3v) is 3.28. The normalized spacial score (nSPS) is 19.7. The molecule has 5 heteroatoms. The molecule has 2 heterocycles. The molecule has 2 rings (SSSR count). The summed E-state index contributed by atoms with van der Waals surface area (Å²) in [6.07, 6.45) is 3.08. The first kappa shape index (κ1) is 12.8. The number of carboxylic acids is 1. The van der Waals surface area contributed by atoms with Crippen LogP contribution in [0.2, 0.25) is 0 Å². The number of aromatic nitrogens is 1. The highest BCUT2D eigenvalue weighted by Crippen LogP contribution is 2.14. The molecule has 1 atom stereocenters. The van der Waals surface area contributed by atoms with E-state index in [9.17, 15) is 9.59 Å². The van der Waals surface area contributed by atoms with Crippen LogP contribution in [0.1, 0.15) is 35.3 Å². The van der Waals surface area contributed by atoms with Gasteiger partial charge in [0.15, 0.2) is 0 Å². The van der Waals surface area contributed by atoms with Gasteiger partial charge in [-0.05, 0) is 38.3 Å². The molecule has 0 spiro atoms. The zero-order chi connectivity index (χ0) is 13.1. The van der Waals surface area contributed by atoms with Crippen LogP contribution < -0.4 is 5.56 Å². The second-order valence-electron chi connectivity index (χ2n) is 4.60. The first-order chi connectivity index (χ1) is 8.59. The van der Waals surface area contributed by atoms with Crippen LogP contribution in [0.25, 0.3) is 0 Å². The molecule has 0 amide bonds. The molecule has 18 heavy (non-hydrogen) atoms. The standard InChI is InChI=1S/C13H17NO4/c1-9-5-6-11(13(16)17)12(15)14(9)8-10-4-2-3-7-18-10/h5-6,10H,2-4,7-8H2,1H3,(H,16,17). The Bertz CT molecular complexity index is 500. The highest BCUT2D eigenvalue weighted by atomic mass is 16.5. The van der Waals surface area contributed by atoms with E-state index < -0.39 is 11.5 Å². The molecule has 0 bridgehead atoms. The average Bonchev–Trinajstić information content (AvgIpc) is 2.35. The Labute approximate surface area is 105 Å². The zero-order valence-corrected chi connectivity index (χ0v) is 10.4. The van der Waals surface area contributed by atoms with Gasteiger partial charge in [-0.15, -0.1) is 0 Å². The average molecular weight is 251 g/mol. The molecule has 1 saturated heterocycles. The number of pyridine rings is 1. The van der Waals surface area contributed by atoms with E-state index in [4.69, 9.17) is 9.84 Å². The number of carbonyl (C=O) groups is 1. The van der Waals surface area contributed by atoms with Crippen LogP contribution in [-0.4, -0.2) is 28.4 Å². The van der Waals surface area contributed by atoms with E-state index in [2.05, 4.69) is 0 Å². The maximum atomic E-state index is 12.0. The second kappa shape index (κ2) is 5.35. The van der Waals surface area contributed by atoms with Crippen molar-refractivity contribution in [1.29, 1.82) is 0 Å². The Balaban J connectivity index is 2.28. The van der Waals surface area contributed by atoms with E-state index in [-0.39, 0.29) is 11.7 Å². The van der Waals surface area contributed by atoms with Crippen molar-refractivity contribution < 1.29 is 14.6 Å². The lowest BCUT2D eigenvalue weighted by atomic mass is 10.1. The summed E-state index contributed by atoms with van der Waals surface area (Å²) >= 11 is 0. The molecule has 0 aliphatic carbocycles. The van der Waals surface area contributed by atoms with Crippen LogP contribution in [0.15, 0.2) is 16.9 Å². The molecular weight excluding hydrogens is 234 g/mol. The molecular formula is C13H17NO4. The maximum absolute atomic E-state index is 12.0. The van der Waals surface area contributed by atoms with Crippen LogP contribution in [0, 0.1) is 6.92 Å². The minimum Gasteiger partial charge on any atom is -0.477 e. The Morgan fingerprint density at radius 2 is 2.28 bits per heavy atom. The van der Waals surface area contributed by atoms with Crippen molar-refractivity contribution in [2.75, 3.05) is 6.61 Å². The third kappa shape index (κ3) is 2.61. The van der Waals surface area contributed by atoms with Crippen molar-refractivity contribution in [2.45, 2.75) is 38.8 Å². The number of ether oxygens (including phenoxy) is 1. The predicted octanol–water partition coefficient (Wildman–Crippen LogP) is 1.42. The number of aryl methyl sites for hydroxylation is 1. The van der Waals surface area contributed by atoms with Gasteiger partial charge in [0.05, 0.1) is 12.6 Å². The van der Waals surface area contributed by atoms with Gasteiger partial charge in [-0.1, -0.05) is 0 Å². The summed E-state index contributed by atoms with van der Waals surface area (Å²) in [7, 11) is 0. The monoisotopic (exact) mass is 251 g/mol. The van der Waals surface area contributed by atoms with Gasteiger partial charge in [-0.25, -0.2) is 4.79 Å². The van der Waals surface area contributed by atoms with E-state index in [1.165, 1.54) is 10.6 Å². The molecule has 0 radical (unpaired) electrons. The fourth-order valence-electron chi connectivity index (χ4n) is 2.22. The van der Waals surface area contributed by atoms with E-state index >= 15 is 0 Å². The topological polar surface area (TPSA) is 68.5 Å². The number of nitrogens with zero attached hydrogens (tertiary/aromatic N) is 1. The van der Waals surface area contributed by atoms with E-state index in [1.807, 2.05) is 0 Å². The fourth-order valence-corrected chi connectivity index (χ4v) is 2.22. The summed E-state index contributed by atoms with van der Waals surface area (Å²) in [6.45, 7) is 2.96. The summed E-state index contributed by atoms with van der Waals surface area (Å²) in [5, 5.41) is 8.94. The number of hydrogen-bond donors (Lipinski definition) is 1. The highest BCUT2D eigenvalue weighted by Gasteiger charge is 2.18. The van der Waals surface area contributed by atoms with Crippen LogP contribution in [0.3, 0.4) is 0 Å². The summed E-state index contributed by atoms with van der Waals surface area (Å²) in [5.74, 6) is -1.18. The minimum atomic E-state index is -1.18. The summed E-state index contributed by atoms with van der Waals surface area (Å²) in [6, 6.07) is 3.02. The van der Waals surface area contributed by atoms with Gasteiger partial charge in [0.2, 0.25) is 0 Å². The molecule has 1 fully saturated rings. The molecule has 1 aromatic heterocycles. The fraction of sp³-hybridized carbons (Fsp3) is 0.538. The lowest BCUT2D eigenvalue weighted by molar-refractivity contribution is 0.00501. The Morgan fingerprint density at radius 1 is 1.50 bits per heavy atom. The van der Waals surface area contributed by atoms with E-state index in [0.717, 1.165) is 31.6 Å². The van der Waals surface area contributed by atoms with Crippen molar-refractivity contribution in [3.8, 4) is 0 Å². The largest absolute Gasteiger partial charge is 0.477 e. The highest BCUT2D eigenvalue weighted by molar-refractivity contribution is 5.87. The number of rotatable bonds is 3. The first-order valence-electron chi connectivity index (χ1n) is 6.15.